The lowest BCUT2D eigenvalue weighted by atomic mass is 10.0. The molecule has 190 valence electrons. The molecule has 0 saturated heterocycles. The maximum absolute atomic E-state index is 12.8. The van der Waals surface area contributed by atoms with Gasteiger partial charge in [-0.15, -0.1) is 0 Å². The van der Waals surface area contributed by atoms with Crippen molar-refractivity contribution in [2.24, 2.45) is 0 Å². The van der Waals surface area contributed by atoms with E-state index in [0.717, 1.165) is 11.9 Å². The van der Waals surface area contributed by atoms with Crippen molar-refractivity contribution in [3.05, 3.63) is 65.2 Å². The Hall–Kier alpha value is -4.17. The number of Topliss-reactive ketones (excluding diaryl/α,β-unsaturated/α-hetero) is 1. The second kappa shape index (κ2) is 13.1. The van der Waals surface area contributed by atoms with Crippen LogP contribution in [-0.4, -0.2) is 58.7 Å². The van der Waals surface area contributed by atoms with Gasteiger partial charge in [0.1, 0.15) is 24.9 Å². The predicted octanol–water partition coefficient (Wildman–Crippen LogP) is 2.78. The van der Waals surface area contributed by atoms with Crippen molar-refractivity contribution < 1.29 is 32.3 Å². The average Bonchev–Trinajstić information content (AvgIpc) is 2.80. The van der Waals surface area contributed by atoms with Crippen molar-refractivity contribution in [3.63, 3.8) is 0 Å². The van der Waals surface area contributed by atoms with Gasteiger partial charge in [0.2, 0.25) is 15.8 Å². The highest BCUT2D eigenvalue weighted by molar-refractivity contribution is 7.92. The molecular weight excluding hydrogens is 486 g/mol. The minimum atomic E-state index is -3.45. The Kier molecular flexibility index (Phi) is 10.2. The first-order chi connectivity index (χ1) is 17.0. The molecule has 0 aromatic heterocycles. The number of ether oxygens (including phenoxy) is 2. The second-order valence-electron chi connectivity index (χ2n) is 7.71. The molecule has 0 spiro atoms. The molecule has 0 aliphatic carbocycles. The first-order valence-electron chi connectivity index (χ1n) is 10.8. The molecule has 2 rings (SSSR count). The Balaban J connectivity index is 2.17. The Morgan fingerprint density at radius 3 is 1.92 bits per heavy atom. The van der Waals surface area contributed by atoms with Crippen LogP contribution in [0, 0.1) is 11.3 Å². The smallest absolute Gasteiger partial charge is 0.302 e. The van der Waals surface area contributed by atoms with Crippen LogP contribution in [0.3, 0.4) is 0 Å². The van der Waals surface area contributed by atoms with E-state index in [9.17, 15) is 28.1 Å². The molecule has 0 unspecified atom stereocenters. The molecule has 0 heterocycles. The minimum Gasteiger partial charge on any atom is -0.464 e. The van der Waals surface area contributed by atoms with Gasteiger partial charge in [-0.1, -0.05) is 12.1 Å². The number of nitriles is 1. The van der Waals surface area contributed by atoms with E-state index < -0.39 is 27.7 Å². The number of sulfonamides is 1. The minimum absolute atomic E-state index is 0.0897. The van der Waals surface area contributed by atoms with Crippen LogP contribution >= 0.6 is 0 Å². The summed E-state index contributed by atoms with van der Waals surface area (Å²) < 4.78 is 35.0. The number of carbonyl (C=O) groups is 3. The van der Waals surface area contributed by atoms with Crippen LogP contribution < -0.4 is 9.62 Å². The highest BCUT2D eigenvalue weighted by atomic mass is 32.2. The zero-order chi connectivity index (χ0) is 26.7. The Morgan fingerprint density at radius 1 is 0.944 bits per heavy atom. The molecule has 0 fully saturated rings. The van der Waals surface area contributed by atoms with Crippen molar-refractivity contribution in [3.8, 4) is 6.07 Å². The molecule has 0 atom stereocenters. The van der Waals surface area contributed by atoms with Gasteiger partial charge in [0, 0.05) is 30.8 Å². The standard InChI is InChI=1S/C25H27N3O7S/c1-18(29)34-14-12-28(13-15-35-19(2)30)24-10-4-20(5-11-24)16-22(17-26)25(31)21-6-8-23(9-7-21)27-36(3,32)33/h4-11,16,27H,12-15H2,1-3H3/b22-16-. The molecule has 36 heavy (non-hydrogen) atoms. The monoisotopic (exact) mass is 513 g/mol. The van der Waals surface area contributed by atoms with Crippen molar-refractivity contribution in [2.45, 2.75) is 13.8 Å². The number of ketones is 1. The highest BCUT2D eigenvalue weighted by Gasteiger charge is 2.14. The lowest BCUT2D eigenvalue weighted by molar-refractivity contribution is -0.141. The maximum atomic E-state index is 12.8. The summed E-state index contributed by atoms with van der Waals surface area (Å²) in [7, 11) is -3.45. The Labute approximate surface area is 210 Å². The molecule has 2 aromatic carbocycles. The topological polar surface area (TPSA) is 143 Å². The van der Waals surface area contributed by atoms with Gasteiger partial charge in [-0.05, 0) is 48.0 Å². The van der Waals surface area contributed by atoms with Crippen molar-refractivity contribution in [2.75, 3.05) is 42.2 Å². The number of nitrogens with zero attached hydrogens (tertiary/aromatic N) is 2. The van der Waals surface area contributed by atoms with Crippen LogP contribution in [0.25, 0.3) is 6.08 Å². The molecule has 2 aromatic rings. The van der Waals surface area contributed by atoms with E-state index in [0.29, 0.717) is 24.3 Å². The summed E-state index contributed by atoms with van der Waals surface area (Å²) in [6.07, 6.45) is 2.48. The van der Waals surface area contributed by atoms with Gasteiger partial charge in [0.25, 0.3) is 0 Å². The number of esters is 2. The molecular formula is C25H27N3O7S. The number of hydrogen-bond donors (Lipinski definition) is 1. The molecule has 0 bridgehead atoms. The van der Waals surface area contributed by atoms with E-state index in [-0.39, 0.29) is 24.4 Å². The SMILES string of the molecule is CC(=O)OCCN(CCOC(C)=O)c1ccc(/C=C(/C#N)C(=O)c2ccc(NS(C)(=O)=O)cc2)cc1. The number of rotatable bonds is 12. The van der Waals surface area contributed by atoms with E-state index in [1.165, 1.54) is 44.2 Å². The number of hydrogen-bond acceptors (Lipinski definition) is 9. The van der Waals surface area contributed by atoms with Gasteiger partial charge in [-0.25, -0.2) is 8.42 Å². The van der Waals surface area contributed by atoms with Crippen LogP contribution in [-0.2, 0) is 29.1 Å². The van der Waals surface area contributed by atoms with E-state index in [4.69, 9.17) is 9.47 Å². The fraction of sp³-hybridized carbons (Fsp3) is 0.280. The lowest BCUT2D eigenvalue weighted by Crippen LogP contribution is -2.31. The highest BCUT2D eigenvalue weighted by Crippen LogP contribution is 2.19. The fourth-order valence-corrected chi connectivity index (χ4v) is 3.69. The molecule has 0 aliphatic rings. The zero-order valence-corrected chi connectivity index (χ0v) is 21.0. The third kappa shape index (κ3) is 9.60. The van der Waals surface area contributed by atoms with Gasteiger partial charge < -0.3 is 14.4 Å². The second-order valence-corrected chi connectivity index (χ2v) is 9.46. The largest absolute Gasteiger partial charge is 0.464 e. The van der Waals surface area contributed by atoms with Gasteiger partial charge in [0.15, 0.2) is 0 Å². The third-order valence-electron chi connectivity index (χ3n) is 4.72. The summed E-state index contributed by atoms with van der Waals surface area (Å²) in [4.78, 5) is 36.8. The fourth-order valence-electron chi connectivity index (χ4n) is 3.12. The van der Waals surface area contributed by atoms with Gasteiger partial charge in [-0.3, -0.25) is 19.1 Å². The van der Waals surface area contributed by atoms with Gasteiger partial charge >= 0.3 is 11.9 Å². The van der Waals surface area contributed by atoms with Crippen LogP contribution in [0.2, 0.25) is 0 Å². The summed E-state index contributed by atoms with van der Waals surface area (Å²) in [5.41, 5.74) is 1.83. The first kappa shape index (κ1) is 28.1. The molecule has 11 heteroatoms. The number of carbonyl (C=O) groups excluding carboxylic acids is 3. The molecule has 0 radical (unpaired) electrons. The molecule has 0 amide bonds. The van der Waals surface area contributed by atoms with E-state index >= 15 is 0 Å². The van der Waals surface area contributed by atoms with Crippen LogP contribution in [0.5, 0.6) is 0 Å². The van der Waals surface area contributed by atoms with Crippen LogP contribution in [0.4, 0.5) is 11.4 Å². The quantitative estimate of drug-likeness (QED) is 0.196. The summed E-state index contributed by atoms with van der Waals surface area (Å²) in [5.74, 6) is -1.30. The molecule has 10 nitrogen and oxygen atoms in total. The number of benzene rings is 2. The summed E-state index contributed by atoms with van der Waals surface area (Å²) in [5, 5.41) is 9.53. The van der Waals surface area contributed by atoms with Crippen LogP contribution in [0.1, 0.15) is 29.8 Å². The summed E-state index contributed by atoms with van der Waals surface area (Å²) >= 11 is 0. The summed E-state index contributed by atoms with van der Waals surface area (Å²) in [6.45, 7) is 3.70. The van der Waals surface area contributed by atoms with Crippen molar-refractivity contribution in [1.82, 2.24) is 0 Å². The Bertz CT molecular complexity index is 1240. The number of anilines is 2. The number of nitrogens with one attached hydrogen (secondary N) is 1. The predicted molar refractivity (Wildman–Crippen MR) is 135 cm³/mol. The molecule has 0 saturated carbocycles. The van der Waals surface area contributed by atoms with Gasteiger partial charge in [0.05, 0.1) is 19.3 Å². The first-order valence-corrected chi connectivity index (χ1v) is 12.7. The van der Waals surface area contributed by atoms with Crippen molar-refractivity contribution >= 4 is 45.2 Å². The van der Waals surface area contributed by atoms with Crippen LogP contribution in [0.15, 0.2) is 54.1 Å². The molecule has 0 aliphatic heterocycles. The number of allylic oxidation sites excluding steroid dienone is 1. The van der Waals surface area contributed by atoms with E-state index in [1.807, 2.05) is 11.0 Å². The Morgan fingerprint density at radius 2 is 1.47 bits per heavy atom. The van der Waals surface area contributed by atoms with Crippen molar-refractivity contribution in [1.29, 1.82) is 5.26 Å². The zero-order valence-electron chi connectivity index (χ0n) is 20.2. The maximum Gasteiger partial charge on any atom is 0.302 e. The normalized spacial score (nSPS) is 11.2. The lowest BCUT2D eigenvalue weighted by Gasteiger charge is -2.24. The van der Waals surface area contributed by atoms with E-state index in [1.54, 1.807) is 24.3 Å². The average molecular weight is 514 g/mol. The third-order valence-corrected chi connectivity index (χ3v) is 5.32. The summed E-state index contributed by atoms with van der Waals surface area (Å²) in [6, 6.07) is 14.7. The molecule has 1 N–H and O–H groups in total. The van der Waals surface area contributed by atoms with E-state index in [2.05, 4.69) is 4.72 Å². The van der Waals surface area contributed by atoms with Gasteiger partial charge in [-0.2, -0.15) is 5.26 Å².